The Kier molecular flexibility index (Phi) is 5.63. The summed E-state index contributed by atoms with van der Waals surface area (Å²) in [6.07, 6.45) is 8.15. The molecule has 134 valence electrons. The third kappa shape index (κ3) is 4.27. The molecule has 0 aliphatic heterocycles. The summed E-state index contributed by atoms with van der Waals surface area (Å²) in [4.78, 5) is 21.0. The van der Waals surface area contributed by atoms with Crippen LogP contribution in [0.25, 0.3) is 0 Å². The largest absolute Gasteiger partial charge is 0.497 e. The lowest BCUT2D eigenvalue weighted by Crippen LogP contribution is -2.31. The van der Waals surface area contributed by atoms with Gasteiger partial charge in [0.25, 0.3) is 0 Å². The first-order chi connectivity index (χ1) is 12.7. The first kappa shape index (κ1) is 17.7. The zero-order chi connectivity index (χ0) is 18.4. The number of nitrogens with one attached hydrogen (secondary N) is 1. The van der Waals surface area contributed by atoms with E-state index >= 15 is 0 Å². The summed E-state index contributed by atoms with van der Waals surface area (Å²) in [5, 5.41) is 3.10. The minimum Gasteiger partial charge on any atom is -0.497 e. The van der Waals surface area contributed by atoms with Gasteiger partial charge in [-0.1, -0.05) is 18.2 Å². The first-order valence-electron chi connectivity index (χ1n) is 8.47. The minimum atomic E-state index is -0.317. The van der Waals surface area contributed by atoms with Crippen LogP contribution in [0.4, 0.5) is 0 Å². The van der Waals surface area contributed by atoms with Crippen molar-refractivity contribution in [1.29, 1.82) is 0 Å². The molecule has 1 N–H and O–H groups in total. The molecule has 0 aliphatic carbocycles. The molecule has 0 saturated heterocycles. The van der Waals surface area contributed by atoms with Crippen LogP contribution in [-0.2, 0) is 18.3 Å². The summed E-state index contributed by atoms with van der Waals surface area (Å²) in [5.41, 5.74) is 2.00. The molecule has 6 heteroatoms. The van der Waals surface area contributed by atoms with Crippen molar-refractivity contribution in [2.24, 2.45) is 7.05 Å². The van der Waals surface area contributed by atoms with Crippen molar-refractivity contribution >= 4 is 5.91 Å². The summed E-state index contributed by atoms with van der Waals surface area (Å²) in [6, 6.07) is 11.2. The van der Waals surface area contributed by atoms with Crippen molar-refractivity contribution in [3.8, 4) is 5.75 Å². The van der Waals surface area contributed by atoms with Gasteiger partial charge in [-0.05, 0) is 35.7 Å². The maximum Gasteiger partial charge on any atom is 0.221 e. The molecule has 2 aromatic heterocycles. The third-order valence-electron chi connectivity index (χ3n) is 4.23. The number of pyridine rings is 1. The lowest BCUT2D eigenvalue weighted by molar-refractivity contribution is -0.121. The molecule has 1 aromatic carbocycles. The van der Waals surface area contributed by atoms with Gasteiger partial charge in [-0.15, -0.1) is 0 Å². The van der Waals surface area contributed by atoms with Gasteiger partial charge in [-0.25, -0.2) is 4.98 Å². The van der Waals surface area contributed by atoms with Crippen molar-refractivity contribution in [3.63, 3.8) is 0 Å². The number of hydrogen-bond acceptors (Lipinski definition) is 4. The van der Waals surface area contributed by atoms with Gasteiger partial charge in [-0.2, -0.15) is 0 Å². The highest BCUT2D eigenvalue weighted by Gasteiger charge is 2.20. The predicted octanol–water partition coefficient (Wildman–Crippen LogP) is 2.66. The molecule has 0 saturated carbocycles. The molecule has 3 rings (SSSR count). The Hall–Kier alpha value is -3.15. The number of benzene rings is 1. The molecule has 3 aromatic rings. The molecule has 0 radical (unpaired) electrons. The first-order valence-corrected chi connectivity index (χ1v) is 8.47. The van der Waals surface area contributed by atoms with Gasteiger partial charge in [0, 0.05) is 38.3 Å². The smallest absolute Gasteiger partial charge is 0.221 e. The van der Waals surface area contributed by atoms with Gasteiger partial charge in [0.2, 0.25) is 5.91 Å². The van der Waals surface area contributed by atoms with E-state index in [1.807, 2.05) is 54.2 Å². The van der Waals surface area contributed by atoms with E-state index in [9.17, 15) is 4.79 Å². The second-order valence-corrected chi connectivity index (χ2v) is 6.03. The Morgan fingerprint density at radius 1 is 1.23 bits per heavy atom. The molecule has 0 fully saturated rings. The Balaban J connectivity index is 1.75. The summed E-state index contributed by atoms with van der Waals surface area (Å²) in [6.45, 7) is 0. The normalized spacial score (nSPS) is 11.8. The molecule has 2 heterocycles. The number of aromatic nitrogens is 3. The standard InChI is InChI=1S/C20H22N4O2/c1-24-13-12-22-20(24)19(16-6-8-17(26-2)9-7-16)23-18(25)10-5-15-4-3-11-21-14-15/h3-4,6-9,11-14,19H,5,10H2,1-2H3,(H,23,25). The number of amides is 1. The highest BCUT2D eigenvalue weighted by atomic mass is 16.5. The summed E-state index contributed by atoms with van der Waals surface area (Å²) >= 11 is 0. The van der Waals surface area contributed by atoms with E-state index in [0.29, 0.717) is 12.8 Å². The number of nitrogens with zero attached hydrogens (tertiary/aromatic N) is 3. The van der Waals surface area contributed by atoms with Gasteiger partial charge in [0.05, 0.1) is 7.11 Å². The topological polar surface area (TPSA) is 69.0 Å². The van der Waals surface area contributed by atoms with E-state index in [4.69, 9.17) is 4.74 Å². The maximum atomic E-state index is 12.5. The lowest BCUT2D eigenvalue weighted by Gasteiger charge is -2.19. The van der Waals surface area contributed by atoms with Crippen molar-refractivity contribution in [3.05, 3.63) is 78.1 Å². The van der Waals surface area contributed by atoms with E-state index in [-0.39, 0.29) is 11.9 Å². The van der Waals surface area contributed by atoms with Crippen molar-refractivity contribution in [1.82, 2.24) is 19.9 Å². The van der Waals surface area contributed by atoms with E-state index in [1.54, 1.807) is 25.7 Å². The number of hydrogen-bond donors (Lipinski definition) is 1. The monoisotopic (exact) mass is 350 g/mol. The Labute approximate surface area is 152 Å². The molecule has 26 heavy (non-hydrogen) atoms. The molecule has 0 aliphatic rings. The Morgan fingerprint density at radius 2 is 2.04 bits per heavy atom. The van der Waals surface area contributed by atoms with Gasteiger partial charge in [0.1, 0.15) is 17.6 Å². The number of carbonyl (C=O) groups excluding carboxylic acids is 1. The molecule has 0 spiro atoms. The summed E-state index contributed by atoms with van der Waals surface area (Å²) < 4.78 is 7.13. The molecular formula is C20H22N4O2. The fourth-order valence-corrected chi connectivity index (χ4v) is 2.79. The molecule has 1 unspecified atom stereocenters. The van der Waals surface area contributed by atoms with E-state index in [1.165, 1.54) is 0 Å². The van der Waals surface area contributed by atoms with E-state index < -0.39 is 0 Å². The average Bonchev–Trinajstić information content (AvgIpc) is 3.11. The van der Waals surface area contributed by atoms with Crippen molar-refractivity contribution in [2.45, 2.75) is 18.9 Å². The second-order valence-electron chi connectivity index (χ2n) is 6.03. The van der Waals surface area contributed by atoms with Crippen LogP contribution in [0.1, 0.15) is 29.4 Å². The van der Waals surface area contributed by atoms with Crippen LogP contribution in [0.5, 0.6) is 5.75 Å². The van der Waals surface area contributed by atoms with Gasteiger partial charge in [-0.3, -0.25) is 9.78 Å². The number of aryl methyl sites for hydroxylation is 2. The summed E-state index contributed by atoms with van der Waals surface area (Å²) in [5.74, 6) is 1.53. The number of methoxy groups -OCH3 is 1. The zero-order valence-corrected chi connectivity index (χ0v) is 14.9. The lowest BCUT2D eigenvalue weighted by atomic mass is 10.0. The van der Waals surface area contributed by atoms with Gasteiger partial charge < -0.3 is 14.6 Å². The molecule has 0 bridgehead atoms. The quantitative estimate of drug-likeness (QED) is 0.711. The Bertz CT molecular complexity index is 844. The number of imidazole rings is 1. The minimum absolute atomic E-state index is 0.0299. The SMILES string of the molecule is COc1ccc(C(NC(=O)CCc2cccnc2)c2nccn2C)cc1. The van der Waals surface area contributed by atoms with Gasteiger partial charge in [0.15, 0.2) is 0 Å². The molecule has 1 atom stereocenters. The van der Waals surface area contributed by atoms with Crippen LogP contribution in [0.15, 0.2) is 61.2 Å². The number of ether oxygens (including phenoxy) is 1. The maximum absolute atomic E-state index is 12.5. The fourth-order valence-electron chi connectivity index (χ4n) is 2.79. The van der Waals surface area contributed by atoms with E-state index in [2.05, 4.69) is 15.3 Å². The van der Waals surface area contributed by atoms with Crippen LogP contribution in [-0.4, -0.2) is 27.6 Å². The second kappa shape index (κ2) is 8.29. The number of carbonyl (C=O) groups is 1. The van der Waals surface area contributed by atoms with Crippen LogP contribution >= 0.6 is 0 Å². The molecule has 1 amide bonds. The van der Waals surface area contributed by atoms with Crippen LogP contribution < -0.4 is 10.1 Å². The zero-order valence-electron chi connectivity index (χ0n) is 14.9. The summed E-state index contributed by atoms with van der Waals surface area (Å²) in [7, 11) is 3.55. The van der Waals surface area contributed by atoms with Crippen LogP contribution in [0, 0.1) is 0 Å². The van der Waals surface area contributed by atoms with Crippen molar-refractivity contribution < 1.29 is 9.53 Å². The molecular weight excluding hydrogens is 328 g/mol. The molecule has 6 nitrogen and oxygen atoms in total. The van der Waals surface area contributed by atoms with Gasteiger partial charge >= 0.3 is 0 Å². The number of rotatable bonds is 7. The fraction of sp³-hybridized carbons (Fsp3) is 0.250. The third-order valence-corrected chi connectivity index (χ3v) is 4.23. The van der Waals surface area contributed by atoms with Crippen molar-refractivity contribution in [2.75, 3.05) is 7.11 Å². The van der Waals surface area contributed by atoms with E-state index in [0.717, 1.165) is 22.7 Å². The Morgan fingerprint density at radius 3 is 2.65 bits per heavy atom. The van der Waals surface area contributed by atoms with Crippen LogP contribution in [0.3, 0.4) is 0 Å². The van der Waals surface area contributed by atoms with Crippen LogP contribution in [0.2, 0.25) is 0 Å². The highest BCUT2D eigenvalue weighted by Crippen LogP contribution is 2.23. The highest BCUT2D eigenvalue weighted by molar-refractivity contribution is 5.77. The predicted molar refractivity (Wildman–Crippen MR) is 98.7 cm³/mol. The average molecular weight is 350 g/mol.